The molecule has 0 aliphatic carbocycles. The van der Waals surface area contributed by atoms with Gasteiger partial charge in [0, 0.05) is 10.0 Å². The lowest BCUT2D eigenvalue weighted by molar-refractivity contribution is -0.147. The SMILES string of the molecule is Cc1cc(Br)cc(C(O)C(=O)O)c1F. The number of aliphatic hydroxyl groups excluding tert-OH is 1. The number of carboxylic acid groups (broad SMARTS) is 1. The average Bonchev–Trinajstić information content (AvgIpc) is 2.09. The summed E-state index contributed by atoms with van der Waals surface area (Å²) in [5, 5.41) is 17.7. The van der Waals surface area contributed by atoms with Gasteiger partial charge in [-0.05, 0) is 24.6 Å². The third-order valence-electron chi connectivity index (χ3n) is 1.78. The second-order valence-electron chi connectivity index (χ2n) is 2.87. The number of hydrogen-bond acceptors (Lipinski definition) is 2. The van der Waals surface area contributed by atoms with Crippen LogP contribution in [0.4, 0.5) is 4.39 Å². The Hall–Kier alpha value is -0.940. The lowest BCUT2D eigenvalue weighted by Crippen LogP contribution is -2.12. The number of rotatable bonds is 2. The quantitative estimate of drug-likeness (QED) is 0.858. The van der Waals surface area contributed by atoms with Gasteiger partial charge in [0.1, 0.15) is 5.82 Å². The van der Waals surface area contributed by atoms with Crippen molar-refractivity contribution in [2.45, 2.75) is 13.0 Å². The molecule has 3 nitrogen and oxygen atoms in total. The molecule has 0 saturated heterocycles. The lowest BCUT2D eigenvalue weighted by Gasteiger charge is -2.09. The van der Waals surface area contributed by atoms with Crippen LogP contribution >= 0.6 is 15.9 Å². The number of aliphatic hydroxyl groups is 1. The number of hydrogen-bond donors (Lipinski definition) is 2. The Morgan fingerprint density at radius 2 is 2.14 bits per heavy atom. The van der Waals surface area contributed by atoms with Gasteiger partial charge in [0.05, 0.1) is 0 Å². The van der Waals surface area contributed by atoms with Crippen LogP contribution in [0.3, 0.4) is 0 Å². The fourth-order valence-corrected chi connectivity index (χ4v) is 1.67. The molecule has 1 rings (SSSR count). The first-order valence-electron chi connectivity index (χ1n) is 3.80. The van der Waals surface area contributed by atoms with Crippen LogP contribution in [0.2, 0.25) is 0 Å². The molecule has 0 spiro atoms. The van der Waals surface area contributed by atoms with Gasteiger partial charge in [-0.1, -0.05) is 15.9 Å². The van der Waals surface area contributed by atoms with E-state index in [1.165, 1.54) is 19.1 Å². The maximum absolute atomic E-state index is 13.3. The van der Waals surface area contributed by atoms with Gasteiger partial charge in [0.15, 0.2) is 6.10 Å². The zero-order valence-electron chi connectivity index (χ0n) is 7.29. The number of halogens is 2. The third kappa shape index (κ3) is 2.10. The van der Waals surface area contributed by atoms with E-state index in [2.05, 4.69) is 15.9 Å². The molecule has 0 radical (unpaired) electrons. The zero-order valence-corrected chi connectivity index (χ0v) is 8.88. The first-order chi connectivity index (χ1) is 6.43. The van der Waals surface area contributed by atoms with Crippen LogP contribution in [-0.4, -0.2) is 16.2 Å². The van der Waals surface area contributed by atoms with Crippen LogP contribution in [0.15, 0.2) is 16.6 Å². The number of aryl methyl sites for hydroxylation is 1. The summed E-state index contributed by atoms with van der Waals surface area (Å²) in [7, 11) is 0. The third-order valence-corrected chi connectivity index (χ3v) is 2.23. The monoisotopic (exact) mass is 262 g/mol. The molecule has 0 aromatic heterocycles. The summed E-state index contributed by atoms with van der Waals surface area (Å²) in [5.41, 5.74) is 0.0547. The maximum Gasteiger partial charge on any atom is 0.337 e. The molecular weight excluding hydrogens is 255 g/mol. The molecule has 0 aliphatic heterocycles. The smallest absolute Gasteiger partial charge is 0.337 e. The van der Waals surface area contributed by atoms with Crippen molar-refractivity contribution in [3.05, 3.63) is 33.5 Å². The standard InChI is InChI=1S/C9H8BrFO3/c1-4-2-5(10)3-6(7(4)11)8(12)9(13)14/h2-3,8,12H,1H3,(H,13,14). The topological polar surface area (TPSA) is 57.5 Å². The molecule has 14 heavy (non-hydrogen) atoms. The highest BCUT2D eigenvalue weighted by Crippen LogP contribution is 2.24. The Kier molecular flexibility index (Phi) is 3.23. The van der Waals surface area contributed by atoms with Crippen molar-refractivity contribution in [3.8, 4) is 0 Å². The van der Waals surface area contributed by atoms with E-state index in [4.69, 9.17) is 10.2 Å². The van der Waals surface area contributed by atoms with Crippen molar-refractivity contribution in [2.24, 2.45) is 0 Å². The predicted octanol–water partition coefficient (Wildman–Crippen LogP) is 2.01. The Balaban J connectivity index is 3.26. The summed E-state index contributed by atoms with van der Waals surface area (Å²) in [6, 6.07) is 2.76. The first kappa shape index (κ1) is 11.1. The minimum Gasteiger partial charge on any atom is -0.479 e. The van der Waals surface area contributed by atoms with Gasteiger partial charge in [0.25, 0.3) is 0 Å². The molecular formula is C9H8BrFO3. The van der Waals surface area contributed by atoms with Gasteiger partial charge in [-0.15, -0.1) is 0 Å². The second kappa shape index (κ2) is 4.06. The van der Waals surface area contributed by atoms with Crippen LogP contribution in [0, 0.1) is 12.7 Å². The summed E-state index contributed by atoms with van der Waals surface area (Å²) < 4.78 is 13.9. The lowest BCUT2D eigenvalue weighted by atomic mass is 10.1. The molecule has 0 aliphatic rings. The number of carbonyl (C=O) groups is 1. The van der Waals surface area contributed by atoms with E-state index in [1.54, 1.807) is 0 Å². The number of carboxylic acids is 1. The molecule has 76 valence electrons. The highest BCUT2D eigenvalue weighted by molar-refractivity contribution is 9.10. The molecule has 0 bridgehead atoms. The zero-order chi connectivity index (χ0) is 10.9. The molecule has 0 heterocycles. The molecule has 0 fully saturated rings. The van der Waals surface area contributed by atoms with Gasteiger partial charge in [0.2, 0.25) is 0 Å². The van der Waals surface area contributed by atoms with Crippen LogP contribution in [-0.2, 0) is 4.79 Å². The Morgan fingerprint density at radius 1 is 1.57 bits per heavy atom. The van der Waals surface area contributed by atoms with Crippen LogP contribution < -0.4 is 0 Å². The van der Waals surface area contributed by atoms with E-state index in [1.807, 2.05) is 0 Å². The Bertz CT molecular complexity index is 379. The molecule has 1 atom stereocenters. The largest absolute Gasteiger partial charge is 0.479 e. The average molecular weight is 263 g/mol. The van der Waals surface area contributed by atoms with Gasteiger partial charge in [-0.2, -0.15) is 0 Å². The molecule has 0 saturated carbocycles. The molecule has 1 aromatic carbocycles. The van der Waals surface area contributed by atoms with E-state index in [0.29, 0.717) is 4.47 Å². The van der Waals surface area contributed by atoms with Crippen molar-refractivity contribution in [2.75, 3.05) is 0 Å². The minimum atomic E-state index is -1.83. The van der Waals surface area contributed by atoms with Gasteiger partial charge < -0.3 is 10.2 Å². The summed E-state index contributed by atoms with van der Waals surface area (Å²) in [6.07, 6.45) is -1.83. The van der Waals surface area contributed by atoms with E-state index in [0.717, 1.165) is 0 Å². The van der Waals surface area contributed by atoms with E-state index >= 15 is 0 Å². The maximum atomic E-state index is 13.3. The first-order valence-corrected chi connectivity index (χ1v) is 4.59. The normalized spacial score (nSPS) is 12.6. The Morgan fingerprint density at radius 3 is 2.64 bits per heavy atom. The molecule has 1 aromatic rings. The van der Waals surface area contributed by atoms with Crippen LogP contribution in [0.25, 0.3) is 0 Å². The fourth-order valence-electron chi connectivity index (χ4n) is 1.08. The van der Waals surface area contributed by atoms with Crippen molar-refractivity contribution < 1.29 is 19.4 Å². The minimum absolute atomic E-state index is 0.232. The van der Waals surface area contributed by atoms with Crippen molar-refractivity contribution >= 4 is 21.9 Å². The summed E-state index contributed by atoms with van der Waals surface area (Å²) in [6.45, 7) is 1.50. The van der Waals surface area contributed by atoms with E-state index in [9.17, 15) is 9.18 Å². The number of aliphatic carboxylic acids is 1. The summed E-state index contributed by atoms with van der Waals surface area (Å²) >= 11 is 3.09. The number of benzene rings is 1. The van der Waals surface area contributed by atoms with Crippen molar-refractivity contribution in [3.63, 3.8) is 0 Å². The van der Waals surface area contributed by atoms with E-state index < -0.39 is 17.9 Å². The van der Waals surface area contributed by atoms with Gasteiger partial charge in [-0.3, -0.25) is 0 Å². The van der Waals surface area contributed by atoms with Crippen LogP contribution in [0.1, 0.15) is 17.2 Å². The fraction of sp³-hybridized carbons (Fsp3) is 0.222. The van der Waals surface area contributed by atoms with Crippen molar-refractivity contribution in [1.82, 2.24) is 0 Å². The van der Waals surface area contributed by atoms with Gasteiger partial charge in [-0.25, -0.2) is 9.18 Å². The molecule has 2 N–H and O–H groups in total. The molecule has 1 unspecified atom stereocenters. The van der Waals surface area contributed by atoms with Crippen molar-refractivity contribution in [1.29, 1.82) is 0 Å². The van der Waals surface area contributed by atoms with Gasteiger partial charge >= 0.3 is 5.97 Å². The molecule has 5 heteroatoms. The van der Waals surface area contributed by atoms with E-state index in [-0.39, 0.29) is 11.1 Å². The highest BCUT2D eigenvalue weighted by atomic mass is 79.9. The Labute approximate surface area is 88.3 Å². The predicted molar refractivity (Wildman–Crippen MR) is 51.4 cm³/mol. The summed E-state index contributed by atoms with van der Waals surface area (Å²) in [4.78, 5) is 10.4. The second-order valence-corrected chi connectivity index (χ2v) is 3.78. The molecule has 0 amide bonds. The summed E-state index contributed by atoms with van der Waals surface area (Å²) in [5.74, 6) is -2.16. The highest BCUT2D eigenvalue weighted by Gasteiger charge is 2.21. The van der Waals surface area contributed by atoms with Crippen LogP contribution in [0.5, 0.6) is 0 Å².